The lowest BCUT2D eigenvalue weighted by Gasteiger charge is -2.14. The SMILES string of the molecule is COCCOc1ccc(Br)cc1C(=O)NC(=S)Nc1ccc2ccccc2c1. The number of amides is 1. The van der Waals surface area contributed by atoms with Gasteiger partial charge in [-0.25, -0.2) is 0 Å². The van der Waals surface area contributed by atoms with Crippen LogP contribution < -0.4 is 15.4 Å². The van der Waals surface area contributed by atoms with Gasteiger partial charge in [-0.05, 0) is 53.3 Å². The molecule has 5 nitrogen and oxygen atoms in total. The van der Waals surface area contributed by atoms with Crippen LogP contribution in [0.3, 0.4) is 0 Å². The molecule has 0 unspecified atom stereocenters. The Hall–Kier alpha value is -2.48. The standard InChI is InChI=1S/C21H19BrN2O3S/c1-26-10-11-27-19-9-7-16(22)13-18(19)20(25)24-21(28)23-17-8-6-14-4-2-3-5-15(14)12-17/h2-9,12-13H,10-11H2,1H3,(H2,23,24,25,28). The van der Waals surface area contributed by atoms with E-state index in [2.05, 4.69) is 26.6 Å². The first-order valence-corrected chi connectivity index (χ1v) is 9.79. The molecule has 7 heteroatoms. The molecule has 1 amide bonds. The predicted molar refractivity (Wildman–Crippen MR) is 119 cm³/mol. The number of nitrogens with one attached hydrogen (secondary N) is 2. The number of rotatable bonds is 6. The molecule has 28 heavy (non-hydrogen) atoms. The summed E-state index contributed by atoms with van der Waals surface area (Å²) in [5, 5.41) is 8.18. The van der Waals surface area contributed by atoms with Crippen LogP contribution in [0.5, 0.6) is 5.75 Å². The highest BCUT2D eigenvalue weighted by Crippen LogP contribution is 2.23. The average Bonchev–Trinajstić information content (AvgIpc) is 2.69. The van der Waals surface area contributed by atoms with Crippen molar-refractivity contribution in [3.8, 4) is 5.75 Å². The summed E-state index contributed by atoms with van der Waals surface area (Å²) in [6.07, 6.45) is 0. The van der Waals surface area contributed by atoms with E-state index in [0.717, 1.165) is 20.9 Å². The lowest BCUT2D eigenvalue weighted by molar-refractivity contribution is 0.0969. The van der Waals surface area contributed by atoms with Crippen molar-refractivity contribution in [2.24, 2.45) is 0 Å². The summed E-state index contributed by atoms with van der Waals surface area (Å²) in [5.74, 6) is 0.110. The van der Waals surface area contributed by atoms with E-state index >= 15 is 0 Å². The molecular formula is C21H19BrN2O3S. The molecule has 0 aliphatic heterocycles. The molecule has 0 saturated heterocycles. The van der Waals surface area contributed by atoms with E-state index < -0.39 is 0 Å². The number of thiocarbonyl (C=S) groups is 1. The molecule has 0 heterocycles. The van der Waals surface area contributed by atoms with Crippen molar-refractivity contribution in [3.05, 3.63) is 70.7 Å². The zero-order valence-electron chi connectivity index (χ0n) is 15.2. The molecule has 0 aromatic heterocycles. The molecule has 0 bridgehead atoms. The largest absolute Gasteiger partial charge is 0.490 e. The van der Waals surface area contributed by atoms with Gasteiger partial charge in [0.1, 0.15) is 12.4 Å². The van der Waals surface area contributed by atoms with Crippen LogP contribution in [-0.2, 0) is 4.74 Å². The lowest BCUT2D eigenvalue weighted by Crippen LogP contribution is -2.34. The fourth-order valence-corrected chi connectivity index (χ4v) is 3.21. The second kappa shape index (κ2) is 9.64. The van der Waals surface area contributed by atoms with Gasteiger partial charge in [-0.1, -0.05) is 46.3 Å². The molecule has 0 saturated carbocycles. The third-order valence-electron chi connectivity index (χ3n) is 3.97. The van der Waals surface area contributed by atoms with Crippen LogP contribution in [-0.4, -0.2) is 31.3 Å². The molecule has 2 N–H and O–H groups in total. The highest BCUT2D eigenvalue weighted by molar-refractivity contribution is 9.10. The normalized spacial score (nSPS) is 10.5. The smallest absolute Gasteiger partial charge is 0.261 e. The van der Waals surface area contributed by atoms with Gasteiger partial charge in [-0.3, -0.25) is 10.1 Å². The number of carbonyl (C=O) groups excluding carboxylic acids is 1. The van der Waals surface area contributed by atoms with Gasteiger partial charge in [0.05, 0.1) is 12.2 Å². The van der Waals surface area contributed by atoms with Crippen molar-refractivity contribution < 1.29 is 14.3 Å². The molecule has 3 rings (SSSR count). The fourth-order valence-electron chi connectivity index (χ4n) is 2.64. The van der Waals surface area contributed by atoms with E-state index in [1.165, 1.54) is 0 Å². The number of halogens is 1. The summed E-state index contributed by atoms with van der Waals surface area (Å²) in [6.45, 7) is 0.775. The number of methoxy groups -OCH3 is 1. The predicted octanol–water partition coefficient (Wildman–Crippen LogP) is 4.75. The molecule has 0 spiro atoms. The zero-order chi connectivity index (χ0) is 19.9. The van der Waals surface area contributed by atoms with Gasteiger partial charge in [0, 0.05) is 17.3 Å². The second-order valence-electron chi connectivity index (χ2n) is 5.95. The van der Waals surface area contributed by atoms with E-state index in [9.17, 15) is 4.79 Å². The maximum absolute atomic E-state index is 12.7. The van der Waals surface area contributed by atoms with Crippen molar-refractivity contribution in [1.82, 2.24) is 5.32 Å². The van der Waals surface area contributed by atoms with Gasteiger partial charge in [-0.15, -0.1) is 0 Å². The number of hydrogen-bond acceptors (Lipinski definition) is 4. The highest BCUT2D eigenvalue weighted by Gasteiger charge is 2.15. The van der Waals surface area contributed by atoms with Gasteiger partial charge >= 0.3 is 0 Å². The summed E-state index contributed by atoms with van der Waals surface area (Å²) >= 11 is 8.68. The molecule has 0 atom stereocenters. The number of ether oxygens (including phenoxy) is 2. The lowest BCUT2D eigenvalue weighted by atomic mass is 10.1. The third-order valence-corrected chi connectivity index (χ3v) is 4.66. The minimum atomic E-state index is -0.355. The Balaban J connectivity index is 1.69. The number of carbonyl (C=O) groups is 1. The van der Waals surface area contributed by atoms with Crippen LogP contribution in [0, 0.1) is 0 Å². The fraction of sp³-hybridized carbons (Fsp3) is 0.143. The Morgan fingerprint density at radius 2 is 1.82 bits per heavy atom. The van der Waals surface area contributed by atoms with Crippen LogP contribution in [0.15, 0.2) is 65.1 Å². The molecule has 0 aliphatic carbocycles. The van der Waals surface area contributed by atoms with Crippen LogP contribution >= 0.6 is 28.1 Å². The van der Waals surface area contributed by atoms with E-state index in [4.69, 9.17) is 21.7 Å². The highest BCUT2D eigenvalue weighted by atomic mass is 79.9. The van der Waals surface area contributed by atoms with E-state index in [0.29, 0.717) is 24.5 Å². The Labute approximate surface area is 177 Å². The molecular weight excluding hydrogens is 440 g/mol. The molecule has 3 aromatic rings. The Bertz CT molecular complexity index is 1010. The minimum absolute atomic E-state index is 0.211. The van der Waals surface area contributed by atoms with Crippen molar-refractivity contribution in [3.63, 3.8) is 0 Å². The monoisotopic (exact) mass is 458 g/mol. The minimum Gasteiger partial charge on any atom is -0.490 e. The first kappa shape index (κ1) is 20.3. The first-order chi connectivity index (χ1) is 13.6. The van der Waals surface area contributed by atoms with Gasteiger partial charge in [0.25, 0.3) is 5.91 Å². The van der Waals surface area contributed by atoms with Crippen molar-refractivity contribution in [2.75, 3.05) is 25.6 Å². The molecule has 0 fully saturated rings. The number of fused-ring (bicyclic) bond motifs is 1. The quantitative estimate of drug-likeness (QED) is 0.412. The van der Waals surface area contributed by atoms with Crippen LogP contribution in [0.4, 0.5) is 5.69 Å². The van der Waals surface area contributed by atoms with Crippen molar-refractivity contribution >= 4 is 55.6 Å². The summed E-state index contributed by atoms with van der Waals surface area (Å²) in [7, 11) is 1.59. The molecule has 144 valence electrons. The number of anilines is 1. The topological polar surface area (TPSA) is 59.6 Å². The maximum atomic E-state index is 12.7. The Morgan fingerprint density at radius 3 is 2.61 bits per heavy atom. The number of hydrogen-bond donors (Lipinski definition) is 2. The molecule has 0 aliphatic rings. The Morgan fingerprint density at radius 1 is 1.04 bits per heavy atom. The molecule has 3 aromatic carbocycles. The summed E-state index contributed by atoms with van der Waals surface area (Å²) in [6, 6.07) is 19.2. The summed E-state index contributed by atoms with van der Waals surface area (Å²) in [4.78, 5) is 12.7. The van der Waals surface area contributed by atoms with Crippen LogP contribution in [0.1, 0.15) is 10.4 Å². The zero-order valence-corrected chi connectivity index (χ0v) is 17.6. The van der Waals surface area contributed by atoms with E-state index in [1.54, 1.807) is 19.2 Å². The van der Waals surface area contributed by atoms with Crippen molar-refractivity contribution in [1.29, 1.82) is 0 Å². The van der Waals surface area contributed by atoms with E-state index in [-0.39, 0.29) is 11.0 Å². The summed E-state index contributed by atoms with van der Waals surface area (Å²) < 4.78 is 11.4. The van der Waals surface area contributed by atoms with Gasteiger partial charge in [0.15, 0.2) is 5.11 Å². The van der Waals surface area contributed by atoms with Crippen LogP contribution in [0.25, 0.3) is 10.8 Å². The van der Waals surface area contributed by atoms with Gasteiger partial charge < -0.3 is 14.8 Å². The third kappa shape index (κ3) is 5.28. The average molecular weight is 459 g/mol. The van der Waals surface area contributed by atoms with E-state index in [1.807, 2.05) is 48.5 Å². The second-order valence-corrected chi connectivity index (χ2v) is 7.28. The Kier molecular flexibility index (Phi) is 6.97. The maximum Gasteiger partial charge on any atom is 0.261 e. The first-order valence-electron chi connectivity index (χ1n) is 8.59. The summed E-state index contributed by atoms with van der Waals surface area (Å²) in [5.41, 5.74) is 1.18. The van der Waals surface area contributed by atoms with Crippen molar-refractivity contribution in [2.45, 2.75) is 0 Å². The number of benzene rings is 3. The molecule has 0 radical (unpaired) electrons. The van der Waals surface area contributed by atoms with Crippen LogP contribution in [0.2, 0.25) is 0 Å². The van der Waals surface area contributed by atoms with Gasteiger partial charge in [0.2, 0.25) is 0 Å². The van der Waals surface area contributed by atoms with Gasteiger partial charge in [-0.2, -0.15) is 0 Å².